The Kier molecular flexibility index (Phi) is 3.65. The second kappa shape index (κ2) is 5.27. The summed E-state index contributed by atoms with van der Waals surface area (Å²) in [5.74, 6) is 0.478. The van der Waals surface area contributed by atoms with E-state index in [-0.39, 0.29) is 22.3 Å². The van der Waals surface area contributed by atoms with E-state index in [4.69, 9.17) is 23.2 Å². The fourth-order valence-corrected chi connectivity index (χ4v) is 3.44. The number of hydrogen-bond donors (Lipinski definition) is 1. The number of fused-ring (bicyclic) bond motifs is 3. The molecule has 4 nitrogen and oxygen atoms in total. The van der Waals surface area contributed by atoms with Crippen molar-refractivity contribution >= 4 is 29.1 Å². The van der Waals surface area contributed by atoms with Crippen LogP contribution in [0.25, 0.3) is 0 Å². The van der Waals surface area contributed by atoms with E-state index in [1.165, 1.54) is 12.8 Å². The summed E-state index contributed by atoms with van der Waals surface area (Å²) in [5, 5.41) is 3.58. The van der Waals surface area contributed by atoms with Crippen LogP contribution in [0.1, 0.15) is 23.2 Å². The van der Waals surface area contributed by atoms with Crippen molar-refractivity contribution < 1.29 is 4.79 Å². The molecule has 2 bridgehead atoms. The van der Waals surface area contributed by atoms with Crippen LogP contribution in [0.2, 0.25) is 10.3 Å². The number of pyridine rings is 1. The average molecular weight is 300 g/mol. The second-order valence-electron chi connectivity index (χ2n) is 5.22. The number of carbonyl (C=O) groups is 1. The standard InChI is InChI=1S/C13H15Cl2N3O/c14-11-5-9(6-12(15)17-11)13(19)16-10-7-18-3-1-8(10)2-4-18/h5-6,8,10H,1-4,7H2,(H,16,19). The summed E-state index contributed by atoms with van der Waals surface area (Å²) < 4.78 is 0. The fraction of sp³-hybridized carbons (Fsp3) is 0.538. The highest BCUT2D eigenvalue weighted by molar-refractivity contribution is 6.33. The number of rotatable bonds is 2. The van der Waals surface area contributed by atoms with Crippen molar-refractivity contribution in [2.45, 2.75) is 18.9 Å². The number of halogens is 2. The molecule has 102 valence electrons. The van der Waals surface area contributed by atoms with E-state index in [9.17, 15) is 4.79 Å². The van der Waals surface area contributed by atoms with Crippen LogP contribution in [0, 0.1) is 5.92 Å². The maximum Gasteiger partial charge on any atom is 0.251 e. The van der Waals surface area contributed by atoms with Gasteiger partial charge in [0.05, 0.1) is 0 Å². The van der Waals surface area contributed by atoms with Crippen molar-refractivity contribution in [3.63, 3.8) is 0 Å². The molecule has 19 heavy (non-hydrogen) atoms. The van der Waals surface area contributed by atoms with Crippen LogP contribution in [-0.2, 0) is 0 Å². The van der Waals surface area contributed by atoms with Crippen LogP contribution in [-0.4, -0.2) is 41.5 Å². The van der Waals surface area contributed by atoms with Gasteiger partial charge in [-0.05, 0) is 44.0 Å². The number of amides is 1. The number of nitrogens with one attached hydrogen (secondary N) is 1. The predicted molar refractivity (Wildman–Crippen MR) is 74.7 cm³/mol. The molecule has 3 fully saturated rings. The lowest BCUT2D eigenvalue weighted by atomic mass is 9.84. The summed E-state index contributed by atoms with van der Waals surface area (Å²) in [6.45, 7) is 3.26. The lowest BCUT2D eigenvalue weighted by molar-refractivity contribution is 0.0620. The molecule has 1 aromatic rings. The van der Waals surface area contributed by atoms with Crippen LogP contribution in [0.4, 0.5) is 0 Å². The molecular weight excluding hydrogens is 285 g/mol. The molecule has 0 aliphatic carbocycles. The Morgan fingerprint density at radius 2 is 1.89 bits per heavy atom. The third kappa shape index (κ3) is 2.86. The SMILES string of the molecule is O=C(NC1CN2CCC1CC2)c1cc(Cl)nc(Cl)c1. The fourth-order valence-electron chi connectivity index (χ4n) is 2.98. The third-order valence-electron chi connectivity index (χ3n) is 4.00. The first-order chi connectivity index (χ1) is 9.11. The Hall–Kier alpha value is -0.840. The van der Waals surface area contributed by atoms with Crippen molar-refractivity contribution in [3.05, 3.63) is 28.0 Å². The highest BCUT2D eigenvalue weighted by atomic mass is 35.5. The molecule has 0 spiro atoms. The summed E-state index contributed by atoms with van der Waals surface area (Å²) in [5.41, 5.74) is 0.474. The molecule has 4 heterocycles. The van der Waals surface area contributed by atoms with Crippen LogP contribution in [0.5, 0.6) is 0 Å². The van der Waals surface area contributed by atoms with Crippen LogP contribution in [0.15, 0.2) is 12.1 Å². The van der Waals surface area contributed by atoms with Crippen LogP contribution < -0.4 is 5.32 Å². The lowest BCUT2D eigenvalue weighted by Crippen LogP contribution is -2.57. The summed E-state index contributed by atoms with van der Waals surface area (Å²) in [4.78, 5) is 18.5. The molecule has 1 unspecified atom stereocenters. The highest BCUT2D eigenvalue weighted by Gasteiger charge is 2.34. The molecule has 1 N–H and O–H groups in total. The van der Waals surface area contributed by atoms with Crippen LogP contribution >= 0.6 is 23.2 Å². The molecule has 3 aliphatic heterocycles. The van der Waals surface area contributed by atoms with Crippen molar-refractivity contribution in [2.24, 2.45) is 5.92 Å². The Labute approximate surface area is 122 Å². The number of nitrogens with zero attached hydrogens (tertiary/aromatic N) is 2. The zero-order chi connectivity index (χ0) is 13.4. The van der Waals surface area contributed by atoms with E-state index < -0.39 is 0 Å². The number of piperidine rings is 3. The minimum Gasteiger partial charge on any atom is -0.348 e. The first-order valence-electron chi connectivity index (χ1n) is 6.48. The molecule has 3 aliphatic rings. The molecule has 6 heteroatoms. The molecule has 0 aromatic carbocycles. The number of carbonyl (C=O) groups excluding carboxylic acids is 1. The van der Waals surface area contributed by atoms with Gasteiger partial charge in [-0.1, -0.05) is 23.2 Å². The monoisotopic (exact) mass is 299 g/mol. The first-order valence-corrected chi connectivity index (χ1v) is 7.24. The van der Waals surface area contributed by atoms with E-state index in [1.54, 1.807) is 12.1 Å². The van der Waals surface area contributed by atoms with Gasteiger partial charge in [-0.2, -0.15) is 0 Å². The van der Waals surface area contributed by atoms with Crippen LogP contribution in [0.3, 0.4) is 0 Å². The molecule has 0 radical (unpaired) electrons. The summed E-state index contributed by atoms with van der Waals surface area (Å²) in [7, 11) is 0. The number of aromatic nitrogens is 1. The van der Waals surface area contributed by atoms with Crippen molar-refractivity contribution in [1.82, 2.24) is 15.2 Å². The average Bonchev–Trinajstić information content (AvgIpc) is 2.39. The van der Waals surface area contributed by atoms with Gasteiger partial charge in [0.1, 0.15) is 10.3 Å². The normalized spacial score (nSPS) is 29.3. The Bertz CT molecular complexity index is 480. The zero-order valence-electron chi connectivity index (χ0n) is 10.4. The summed E-state index contributed by atoms with van der Waals surface area (Å²) >= 11 is 11.6. The summed E-state index contributed by atoms with van der Waals surface area (Å²) in [6, 6.07) is 3.33. The maximum absolute atomic E-state index is 12.2. The molecule has 1 atom stereocenters. The van der Waals surface area contributed by atoms with E-state index >= 15 is 0 Å². The van der Waals surface area contributed by atoms with Gasteiger partial charge < -0.3 is 10.2 Å². The van der Waals surface area contributed by atoms with E-state index in [1.807, 2.05) is 0 Å². The molecule has 4 rings (SSSR count). The zero-order valence-corrected chi connectivity index (χ0v) is 11.9. The predicted octanol–water partition coefficient (Wildman–Crippen LogP) is 2.21. The van der Waals surface area contributed by atoms with Crippen molar-refractivity contribution in [3.8, 4) is 0 Å². The van der Waals surface area contributed by atoms with E-state index in [2.05, 4.69) is 15.2 Å². The van der Waals surface area contributed by atoms with Gasteiger partial charge in [0, 0.05) is 18.2 Å². The largest absolute Gasteiger partial charge is 0.348 e. The smallest absolute Gasteiger partial charge is 0.251 e. The van der Waals surface area contributed by atoms with Gasteiger partial charge >= 0.3 is 0 Å². The van der Waals surface area contributed by atoms with Gasteiger partial charge in [-0.25, -0.2) is 4.98 Å². The van der Waals surface area contributed by atoms with Crippen molar-refractivity contribution in [2.75, 3.05) is 19.6 Å². The molecular formula is C13H15Cl2N3O. The first kappa shape index (κ1) is 13.2. The Morgan fingerprint density at radius 1 is 1.26 bits per heavy atom. The van der Waals surface area contributed by atoms with E-state index in [0.29, 0.717) is 11.5 Å². The lowest BCUT2D eigenvalue weighted by Gasteiger charge is -2.44. The molecule has 1 aromatic heterocycles. The molecule has 3 saturated heterocycles. The molecule has 0 saturated carbocycles. The Morgan fingerprint density at radius 3 is 2.42 bits per heavy atom. The third-order valence-corrected chi connectivity index (χ3v) is 4.38. The van der Waals surface area contributed by atoms with Crippen molar-refractivity contribution in [1.29, 1.82) is 0 Å². The van der Waals surface area contributed by atoms with Gasteiger partial charge in [0.15, 0.2) is 0 Å². The quantitative estimate of drug-likeness (QED) is 0.852. The summed E-state index contributed by atoms with van der Waals surface area (Å²) in [6.07, 6.45) is 2.34. The van der Waals surface area contributed by atoms with Gasteiger partial charge in [0.2, 0.25) is 0 Å². The minimum absolute atomic E-state index is 0.120. The van der Waals surface area contributed by atoms with Gasteiger partial charge in [0.25, 0.3) is 5.91 Å². The Balaban J connectivity index is 1.71. The minimum atomic E-state index is -0.120. The second-order valence-corrected chi connectivity index (χ2v) is 5.99. The molecule has 1 amide bonds. The van der Waals surface area contributed by atoms with E-state index in [0.717, 1.165) is 19.6 Å². The van der Waals surface area contributed by atoms with Gasteiger partial charge in [-0.15, -0.1) is 0 Å². The highest BCUT2D eigenvalue weighted by Crippen LogP contribution is 2.27. The number of hydrogen-bond acceptors (Lipinski definition) is 3. The maximum atomic E-state index is 12.2. The van der Waals surface area contributed by atoms with Gasteiger partial charge in [-0.3, -0.25) is 4.79 Å². The topological polar surface area (TPSA) is 45.2 Å².